The number of carbonyl (C=O) groups is 2. The third-order valence-electron chi connectivity index (χ3n) is 4.79. The number of nitrogens with one attached hydrogen (secondary N) is 3. The molecule has 1 aliphatic heterocycles. The van der Waals surface area contributed by atoms with E-state index in [0.717, 1.165) is 11.8 Å². The van der Waals surface area contributed by atoms with Crippen LogP contribution in [0.15, 0.2) is 29.2 Å². The fraction of sp³-hybridized carbons (Fsp3) is 0.526. The predicted octanol–water partition coefficient (Wildman–Crippen LogP) is -0.108. The normalized spacial score (nSPS) is 18.3. The second-order valence-corrected chi connectivity index (χ2v) is 8.68. The van der Waals surface area contributed by atoms with E-state index in [1.54, 1.807) is 19.1 Å². The lowest BCUT2D eigenvalue weighted by Gasteiger charge is -2.39. The summed E-state index contributed by atoms with van der Waals surface area (Å²) in [5, 5.41) is 11.9. The molecule has 1 heterocycles. The lowest BCUT2D eigenvalue weighted by atomic mass is 10.0. The first-order valence-electron chi connectivity index (χ1n) is 9.68. The molecule has 30 heavy (non-hydrogen) atoms. The average Bonchev–Trinajstić information content (AvgIpc) is 2.68. The van der Waals surface area contributed by atoms with Crippen molar-refractivity contribution in [3.05, 3.63) is 29.8 Å². The summed E-state index contributed by atoms with van der Waals surface area (Å²) in [4.78, 5) is 28.7. The molecule has 1 aromatic rings. The van der Waals surface area contributed by atoms with Gasteiger partial charge in [0.15, 0.2) is 0 Å². The molecule has 2 atom stereocenters. The first-order chi connectivity index (χ1) is 14.2. The molecule has 1 aromatic carbocycles. The number of hydrazine groups is 1. The van der Waals surface area contributed by atoms with Gasteiger partial charge < -0.3 is 20.4 Å². The zero-order valence-electron chi connectivity index (χ0n) is 17.4. The van der Waals surface area contributed by atoms with E-state index >= 15 is 0 Å². The number of rotatable bonds is 10. The number of likely N-dealkylation sites (N-methyl/N-ethyl adjacent to an activating group) is 1. The lowest BCUT2D eigenvalue weighted by Crippen LogP contribution is -2.65. The van der Waals surface area contributed by atoms with Crippen molar-refractivity contribution in [2.75, 3.05) is 33.3 Å². The summed E-state index contributed by atoms with van der Waals surface area (Å²) in [5.41, 5.74) is 0.933. The number of hydrogen-bond acceptors (Lipinski definition) is 8. The van der Waals surface area contributed by atoms with Gasteiger partial charge in [0.25, 0.3) is 10.0 Å². The number of amides is 1. The summed E-state index contributed by atoms with van der Waals surface area (Å²) in [5.74, 6) is -0.842. The summed E-state index contributed by atoms with van der Waals surface area (Å²) >= 11 is 0. The van der Waals surface area contributed by atoms with E-state index in [1.807, 2.05) is 6.92 Å². The van der Waals surface area contributed by atoms with Crippen LogP contribution in [-0.2, 0) is 24.3 Å². The van der Waals surface area contributed by atoms with Gasteiger partial charge in [-0.3, -0.25) is 9.59 Å². The van der Waals surface area contributed by atoms with Gasteiger partial charge in [0.1, 0.15) is 12.6 Å². The molecule has 166 valence electrons. The van der Waals surface area contributed by atoms with Gasteiger partial charge in [-0.2, -0.15) is 0 Å². The van der Waals surface area contributed by atoms with Crippen molar-refractivity contribution in [2.45, 2.75) is 37.2 Å². The third-order valence-corrected chi connectivity index (χ3v) is 6.21. The molecular weight excluding hydrogens is 410 g/mol. The molecule has 11 heteroatoms. The van der Waals surface area contributed by atoms with Crippen LogP contribution in [0.4, 0.5) is 0 Å². The smallest absolute Gasteiger partial charge is 0.325 e. The van der Waals surface area contributed by atoms with Crippen molar-refractivity contribution >= 4 is 28.1 Å². The summed E-state index contributed by atoms with van der Waals surface area (Å²) in [6.07, 6.45) is 1.25. The lowest BCUT2D eigenvalue weighted by molar-refractivity contribution is -0.151. The van der Waals surface area contributed by atoms with Crippen LogP contribution in [0.25, 0.3) is 0 Å². The molecule has 1 saturated heterocycles. The van der Waals surface area contributed by atoms with Crippen molar-refractivity contribution in [3.8, 4) is 0 Å². The molecular formula is C19H29N5O5S. The molecule has 0 spiro atoms. The van der Waals surface area contributed by atoms with Gasteiger partial charge >= 0.3 is 5.97 Å². The second kappa shape index (κ2) is 10.6. The molecule has 0 saturated carbocycles. The topological polar surface area (TPSA) is 132 Å². The number of piperazine rings is 1. The molecule has 1 unspecified atom stereocenters. The van der Waals surface area contributed by atoms with Crippen LogP contribution >= 0.6 is 0 Å². The van der Waals surface area contributed by atoms with Crippen LogP contribution in [0.2, 0.25) is 0 Å². The number of sulfonamides is 1. The maximum atomic E-state index is 12.9. The Labute approximate surface area is 177 Å². The highest BCUT2D eigenvalue weighted by Gasteiger charge is 2.38. The predicted molar refractivity (Wildman–Crippen MR) is 111 cm³/mol. The van der Waals surface area contributed by atoms with Gasteiger partial charge in [-0.25, -0.2) is 13.4 Å². The highest BCUT2D eigenvalue weighted by atomic mass is 32.2. The van der Waals surface area contributed by atoms with E-state index in [4.69, 9.17) is 10.1 Å². The van der Waals surface area contributed by atoms with Crippen molar-refractivity contribution < 1.29 is 22.7 Å². The van der Waals surface area contributed by atoms with Crippen LogP contribution in [0.1, 0.15) is 18.9 Å². The summed E-state index contributed by atoms with van der Waals surface area (Å²) in [6, 6.07) is 4.94. The number of esters is 1. The van der Waals surface area contributed by atoms with Crippen molar-refractivity contribution in [3.63, 3.8) is 0 Å². The Bertz CT molecular complexity index is 859. The maximum absolute atomic E-state index is 12.9. The Morgan fingerprint density at radius 2 is 2.10 bits per heavy atom. The summed E-state index contributed by atoms with van der Waals surface area (Å²) in [7, 11) is -2.35. The van der Waals surface area contributed by atoms with Gasteiger partial charge in [0.05, 0.1) is 17.5 Å². The quantitative estimate of drug-likeness (QED) is 0.263. The fourth-order valence-corrected chi connectivity index (χ4v) is 4.35. The minimum Gasteiger partial charge on any atom is -0.465 e. The number of nitrogens with zero attached hydrogens (tertiary/aromatic N) is 2. The molecule has 0 aromatic heterocycles. The Morgan fingerprint density at radius 1 is 1.43 bits per heavy atom. The Balaban J connectivity index is 2.16. The van der Waals surface area contributed by atoms with Gasteiger partial charge in [-0.05, 0) is 32.2 Å². The monoisotopic (exact) mass is 439 g/mol. The molecule has 1 amide bonds. The third kappa shape index (κ3) is 6.08. The Kier molecular flexibility index (Phi) is 8.47. The fourth-order valence-electron chi connectivity index (χ4n) is 3.24. The van der Waals surface area contributed by atoms with Gasteiger partial charge in [0, 0.05) is 26.6 Å². The van der Waals surface area contributed by atoms with Crippen LogP contribution in [-0.4, -0.2) is 81.8 Å². The largest absolute Gasteiger partial charge is 0.465 e. The molecule has 1 fully saturated rings. The Morgan fingerprint density at radius 3 is 2.70 bits per heavy atom. The van der Waals surface area contributed by atoms with E-state index in [0.29, 0.717) is 13.1 Å². The SMILES string of the molecule is CCOC(=O)CN1CCN[C@@H](C(CC=N)N(C)NS(=O)(=O)c2ccc(C)cc2)C1=O. The minimum absolute atomic E-state index is 0.0976. The molecule has 2 rings (SSSR count). The zero-order valence-corrected chi connectivity index (χ0v) is 18.2. The van der Waals surface area contributed by atoms with E-state index in [2.05, 4.69) is 10.1 Å². The van der Waals surface area contributed by atoms with E-state index in [1.165, 1.54) is 29.1 Å². The summed E-state index contributed by atoms with van der Waals surface area (Å²) < 4.78 is 30.4. The molecule has 0 bridgehead atoms. The molecule has 0 aliphatic carbocycles. The molecule has 3 N–H and O–H groups in total. The number of carbonyl (C=O) groups excluding carboxylic acids is 2. The first-order valence-corrected chi connectivity index (χ1v) is 11.2. The number of hydrogen-bond donors (Lipinski definition) is 3. The number of aryl methyl sites for hydroxylation is 1. The number of benzene rings is 1. The second-order valence-electron chi connectivity index (χ2n) is 7.02. The average molecular weight is 440 g/mol. The highest BCUT2D eigenvalue weighted by Crippen LogP contribution is 2.15. The molecule has 0 radical (unpaired) electrons. The molecule has 10 nitrogen and oxygen atoms in total. The zero-order chi connectivity index (χ0) is 22.3. The van der Waals surface area contributed by atoms with Crippen LogP contribution < -0.4 is 10.1 Å². The Hall–Kier alpha value is -2.34. The first kappa shape index (κ1) is 23.9. The minimum atomic E-state index is -3.86. The summed E-state index contributed by atoms with van der Waals surface area (Å²) in [6.45, 7) is 4.38. The van der Waals surface area contributed by atoms with Crippen molar-refractivity contribution in [1.82, 2.24) is 20.1 Å². The van der Waals surface area contributed by atoms with Gasteiger partial charge in [-0.15, -0.1) is 4.83 Å². The maximum Gasteiger partial charge on any atom is 0.325 e. The molecule has 1 aliphatic rings. The van der Waals surface area contributed by atoms with E-state index in [-0.39, 0.29) is 30.4 Å². The van der Waals surface area contributed by atoms with Crippen molar-refractivity contribution in [1.29, 1.82) is 5.41 Å². The van der Waals surface area contributed by atoms with Crippen LogP contribution in [0.5, 0.6) is 0 Å². The van der Waals surface area contributed by atoms with Gasteiger partial charge in [-0.1, -0.05) is 17.7 Å². The van der Waals surface area contributed by atoms with Gasteiger partial charge in [0.2, 0.25) is 5.91 Å². The highest BCUT2D eigenvalue weighted by molar-refractivity contribution is 7.89. The van der Waals surface area contributed by atoms with Crippen LogP contribution in [0, 0.1) is 12.3 Å². The number of ether oxygens (including phenoxy) is 1. The standard InChI is InChI=1S/C19H29N5O5S/c1-4-29-17(25)13-24-12-11-21-18(19(24)26)16(9-10-20)23(3)22-30(27,28)15-7-5-14(2)6-8-15/h5-8,10,16,18,20-22H,4,9,11-13H2,1-3H3/t16?,18-/m0/s1. The van der Waals surface area contributed by atoms with Crippen LogP contribution in [0.3, 0.4) is 0 Å². The van der Waals surface area contributed by atoms with E-state index < -0.39 is 28.1 Å². The van der Waals surface area contributed by atoms with E-state index in [9.17, 15) is 18.0 Å². The van der Waals surface area contributed by atoms with Crippen molar-refractivity contribution in [2.24, 2.45) is 0 Å².